The molecule has 2 rings (SSSR count). The topological polar surface area (TPSA) is 55.6 Å². The molecule has 0 aromatic heterocycles. The Labute approximate surface area is 120 Å². The molecule has 110 valence electrons. The fraction of sp³-hybridized carbons (Fsp3) is 0.562. The predicted octanol–water partition coefficient (Wildman–Crippen LogP) is 2.68. The van der Waals surface area contributed by atoms with Crippen molar-refractivity contribution >= 4 is 11.6 Å². The number of hydrogen-bond acceptors (Lipinski definition) is 3. The highest BCUT2D eigenvalue weighted by Gasteiger charge is 2.25. The summed E-state index contributed by atoms with van der Waals surface area (Å²) in [5.41, 5.74) is 6.36. The average Bonchev–Trinajstić information content (AvgIpc) is 2.45. The van der Waals surface area contributed by atoms with Gasteiger partial charge in [-0.1, -0.05) is 31.9 Å². The number of carbonyl (C=O) groups excluding carboxylic acids is 1. The van der Waals surface area contributed by atoms with E-state index in [-0.39, 0.29) is 12.5 Å². The molecular weight excluding hydrogens is 252 g/mol. The zero-order chi connectivity index (χ0) is 14.5. The van der Waals surface area contributed by atoms with Crippen LogP contribution in [0.3, 0.4) is 0 Å². The molecule has 2 atom stereocenters. The third-order valence-corrected chi connectivity index (χ3v) is 4.12. The van der Waals surface area contributed by atoms with E-state index in [1.54, 1.807) is 12.1 Å². The summed E-state index contributed by atoms with van der Waals surface area (Å²) in [4.78, 5) is 14.0. The van der Waals surface area contributed by atoms with Crippen molar-refractivity contribution < 1.29 is 9.53 Å². The van der Waals surface area contributed by atoms with E-state index in [1.165, 1.54) is 12.8 Å². The van der Waals surface area contributed by atoms with E-state index >= 15 is 0 Å². The molecule has 1 aromatic rings. The zero-order valence-electron chi connectivity index (χ0n) is 12.3. The number of para-hydroxylation sites is 2. The molecule has 0 aliphatic heterocycles. The van der Waals surface area contributed by atoms with Crippen molar-refractivity contribution in [3.8, 4) is 5.75 Å². The highest BCUT2D eigenvalue weighted by atomic mass is 16.5. The van der Waals surface area contributed by atoms with Crippen LogP contribution in [0, 0.1) is 5.92 Å². The van der Waals surface area contributed by atoms with Crippen LogP contribution in [0.15, 0.2) is 24.3 Å². The highest BCUT2D eigenvalue weighted by molar-refractivity contribution is 5.78. The molecule has 1 aromatic carbocycles. The summed E-state index contributed by atoms with van der Waals surface area (Å²) in [7, 11) is 1.88. The molecular formula is C16H24N2O2. The summed E-state index contributed by atoms with van der Waals surface area (Å²) in [6.45, 7) is 2.31. The van der Waals surface area contributed by atoms with E-state index in [0.717, 1.165) is 12.8 Å². The number of ether oxygens (including phenoxy) is 1. The van der Waals surface area contributed by atoms with Crippen LogP contribution in [0.25, 0.3) is 0 Å². The van der Waals surface area contributed by atoms with Crippen LogP contribution in [-0.4, -0.2) is 30.5 Å². The van der Waals surface area contributed by atoms with Crippen LogP contribution in [0.1, 0.15) is 32.6 Å². The van der Waals surface area contributed by atoms with Crippen LogP contribution in [0.5, 0.6) is 5.75 Å². The summed E-state index contributed by atoms with van der Waals surface area (Å²) in [6, 6.07) is 7.60. The number of carbonyl (C=O) groups is 1. The van der Waals surface area contributed by atoms with Gasteiger partial charge < -0.3 is 15.4 Å². The first-order valence-corrected chi connectivity index (χ1v) is 7.31. The molecule has 1 saturated carbocycles. The molecule has 1 fully saturated rings. The Morgan fingerprint density at radius 3 is 2.85 bits per heavy atom. The number of likely N-dealkylation sites (N-methyl/N-ethyl adjacent to an activating group) is 1. The second-order valence-electron chi connectivity index (χ2n) is 5.76. The number of amides is 1. The van der Waals surface area contributed by atoms with Gasteiger partial charge in [-0.05, 0) is 30.9 Å². The van der Waals surface area contributed by atoms with Crippen molar-refractivity contribution in [2.45, 2.75) is 38.6 Å². The lowest BCUT2D eigenvalue weighted by Gasteiger charge is -2.34. The number of nitrogens with two attached hydrogens (primary N) is 1. The van der Waals surface area contributed by atoms with Gasteiger partial charge in [0.05, 0.1) is 5.69 Å². The van der Waals surface area contributed by atoms with Gasteiger partial charge >= 0.3 is 0 Å². The second-order valence-corrected chi connectivity index (χ2v) is 5.76. The lowest BCUT2D eigenvalue weighted by molar-refractivity contribution is -0.135. The third kappa shape index (κ3) is 3.65. The summed E-state index contributed by atoms with van der Waals surface area (Å²) in [6.07, 6.45) is 4.67. The van der Waals surface area contributed by atoms with Gasteiger partial charge in [0.1, 0.15) is 5.75 Å². The van der Waals surface area contributed by atoms with Gasteiger partial charge in [-0.15, -0.1) is 0 Å². The van der Waals surface area contributed by atoms with Crippen LogP contribution in [-0.2, 0) is 4.79 Å². The summed E-state index contributed by atoms with van der Waals surface area (Å²) >= 11 is 0. The van der Waals surface area contributed by atoms with E-state index in [1.807, 2.05) is 24.1 Å². The van der Waals surface area contributed by atoms with Crippen molar-refractivity contribution in [2.75, 3.05) is 19.4 Å². The van der Waals surface area contributed by atoms with E-state index in [4.69, 9.17) is 10.5 Å². The molecule has 2 unspecified atom stereocenters. The SMILES string of the molecule is CC1CCCC(N(C)C(=O)COc2ccccc2N)C1. The number of rotatable bonds is 4. The smallest absolute Gasteiger partial charge is 0.260 e. The quantitative estimate of drug-likeness (QED) is 0.860. The van der Waals surface area contributed by atoms with Gasteiger partial charge in [0.25, 0.3) is 5.91 Å². The van der Waals surface area contributed by atoms with Crippen molar-refractivity contribution in [3.05, 3.63) is 24.3 Å². The Morgan fingerprint density at radius 1 is 1.40 bits per heavy atom. The minimum absolute atomic E-state index is 0.0207. The van der Waals surface area contributed by atoms with Crippen molar-refractivity contribution in [3.63, 3.8) is 0 Å². The van der Waals surface area contributed by atoms with Crippen molar-refractivity contribution in [1.82, 2.24) is 4.90 Å². The molecule has 4 nitrogen and oxygen atoms in total. The molecule has 0 saturated heterocycles. The summed E-state index contributed by atoms with van der Waals surface area (Å²) in [5.74, 6) is 1.30. The van der Waals surface area contributed by atoms with Crippen molar-refractivity contribution in [1.29, 1.82) is 0 Å². The maximum Gasteiger partial charge on any atom is 0.260 e. The normalized spacial score (nSPS) is 22.3. The molecule has 2 N–H and O–H groups in total. The minimum Gasteiger partial charge on any atom is -0.482 e. The fourth-order valence-electron chi connectivity index (χ4n) is 2.81. The Balaban J connectivity index is 1.86. The predicted molar refractivity (Wildman–Crippen MR) is 80.5 cm³/mol. The standard InChI is InChI=1S/C16H24N2O2/c1-12-6-5-7-13(10-12)18(2)16(19)11-20-15-9-4-3-8-14(15)17/h3-4,8-9,12-13H,5-7,10-11,17H2,1-2H3. The molecule has 1 aliphatic rings. The molecule has 0 radical (unpaired) electrons. The fourth-order valence-corrected chi connectivity index (χ4v) is 2.81. The van der Waals surface area contributed by atoms with Crippen LogP contribution >= 0.6 is 0 Å². The summed E-state index contributed by atoms with van der Waals surface area (Å²) < 4.78 is 5.52. The monoisotopic (exact) mass is 276 g/mol. The molecule has 1 aliphatic carbocycles. The van der Waals surface area contributed by atoms with Crippen LogP contribution < -0.4 is 10.5 Å². The first-order chi connectivity index (χ1) is 9.58. The number of nitrogen functional groups attached to an aromatic ring is 1. The van der Waals surface area contributed by atoms with Gasteiger partial charge in [0.15, 0.2) is 6.61 Å². The molecule has 0 bridgehead atoms. The van der Waals surface area contributed by atoms with E-state index in [0.29, 0.717) is 23.4 Å². The maximum absolute atomic E-state index is 12.2. The van der Waals surface area contributed by atoms with E-state index in [9.17, 15) is 4.79 Å². The number of hydrogen-bond donors (Lipinski definition) is 1. The average molecular weight is 276 g/mol. The molecule has 0 spiro atoms. The summed E-state index contributed by atoms with van der Waals surface area (Å²) in [5, 5.41) is 0. The Bertz CT molecular complexity index is 462. The zero-order valence-corrected chi connectivity index (χ0v) is 12.3. The van der Waals surface area contributed by atoms with Gasteiger partial charge in [-0.2, -0.15) is 0 Å². The van der Waals surface area contributed by atoms with E-state index in [2.05, 4.69) is 6.92 Å². The Hall–Kier alpha value is -1.71. The molecule has 20 heavy (non-hydrogen) atoms. The third-order valence-electron chi connectivity index (χ3n) is 4.12. The Morgan fingerprint density at radius 2 is 2.15 bits per heavy atom. The Kier molecular flexibility index (Phi) is 4.88. The highest BCUT2D eigenvalue weighted by Crippen LogP contribution is 2.27. The van der Waals surface area contributed by atoms with E-state index < -0.39 is 0 Å². The molecule has 1 amide bonds. The minimum atomic E-state index is 0.0207. The maximum atomic E-state index is 12.2. The first-order valence-electron chi connectivity index (χ1n) is 7.31. The molecule has 0 heterocycles. The number of benzene rings is 1. The lowest BCUT2D eigenvalue weighted by Crippen LogP contribution is -2.42. The van der Waals surface area contributed by atoms with Crippen LogP contribution in [0.2, 0.25) is 0 Å². The number of anilines is 1. The van der Waals surface area contributed by atoms with Gasteiger partial charge in [-0.3, -0.25) is 4.79 Å². The molecule has 4 heteroatoms. The van der Waals surface area contributed by atoms with Gasteiger partial charge in [0, 0.05) is 13.1 Å². The number of nitrogens with zero attached hydrogens (tertiary/aromatic N) is 1. The van der Waals surface area contributed by atoms with Crippen LogP contribution in [0.4, 0.5) is 5.69 Å². The van der Waals surface area contributed by atoms with Gasteiger partial charge in [-0.25, -0.2) is 0 Å². The van der Waals surface area contributed by atoms with Crippen molar-refractivity contribution in [2.24, 2.45) is 5.92 Å². The largest absolute Gasteiger partial charge is 0.482 e. The first kappa shape index (κ1) is 14.7. The lowest BCUT2D eigenvalue weighted by atomic mass is 9.86. The van der Waals surface area contributed by atoms with Gasteiger partial charge in [0.2, 0.25) is 0 Å². The second kappa shape index (κ2) is 6.64.